The average molecular weight is 478 g/mol. The van der Waals surface area contributed by atoms with Gasteiger partial charge in [-0.2, -0.15) is 0 Å². The van der Waals surface area contributed by atoms with Crippen LogP contribution in [0.4, 0.5) is 0 Å². The van der Waals surface area contributed by atoms with E-state index in [-0.39, 0.29) is 0 Å². The van der Waals surface area contributed by atoms with E-state index in [4.69, 9.17) is 4.98 Å². The highest BCUT2D eigenvalue weighted by Gasteiger charge is 2.40. The molecular formula is C22H26Br2N2. The SMILES string of the molecule is CC(C)c1cc(C2CC2CC(C)c2cnc(C3CC3)cc2Br)cnc1Br. The molecule has 0 bridgehead atoms. The zero-order valence-corrected chi connectivity index (χ0v) is 18.8. The molecule has 4 heteroatoms. The van der Waals surface area contributed by atoms with Gasteiger partial charge in [0.2, 0.25) is 0 Å². The van der Waals surface area contributed by atoms with Crippen LogP contribution in [-0.2, 0) is 0 Å². The summed E-state index contributed by atoms with van der Waals surface area (Å²) >= 11 is 7.38. The Balaban J connectivity index is 1.42. The molecule has 0 aliphatic heterocycles. The molecule has 26 heavy (non-hydrogen) atoms. The Hall–Kier alpha value is -0.740. The van der Waals surface area contributed by atoms with E-state index < -0.39 is 0 Å². The van der Waals surface area contributed by atoms with Crippen LogP contribution in [0.3, 0.4) is 0 Å². The van der Waals surface area contributed by atoms with E-state index in [2.05, 4.69) is 82.1 Å². The molecule has 2 aromatic rings. The average Bonchev–Trinajstić information content (AvgIpc) is 3.49. The molecule has 3 atom stereocenters. The van der Waals surface area contributed by atoms with Crippen LogP contribution in [0.5, 0.6) is 0 Å². The van der Waals surface area contributed by atoms with Crippen LogP contribution in [0, 0.1) is 5.92 Å². The van der Waals surface area contributed by atoms with E-state index >= 15 is 0 Å². The molecule has 2 aliphatic rings. The predicted molar refractivity (Wildman–Crippen MR) is 114 cm³/mol. The summed E-state index contributed by atoms with van der Waals surface area (Å²) < 4.78 is 2.24. The monoisotopic (exact) mass is 476 g/mol. The number of halogens is 2. The van der Waals surface area contributed by atoms with Crippen molar-refractivity contribution < 1.29 is 0 Å². The van der Waals surface area contributed by atoms with Crippen LogP contribution in [0.25, 0.3) is 0 Å². The molecule has 138 valence electrons. The Morgan fingerprint density at radius 1 is 1.04 bits per heavy atom. The Kier molecular flexibility index (Phi) is 5.26. The molecule has 0 N–H and O–H groups in total. The first kappa shape index (κ1) is 18.6. The van der Waals surface area contributed by atoms with Gasteiger partial charge in [-0.05, 0) is 88.0 Å². The second-order valence-corrected chi connectivity index (χ2v) is 10.1. The van der Waals surface area contributed by atoms with Gasteiger partial charge in [0.05, 0.1) is 0 Å². The fraction of sp³-hybridized carbons (Fsp3) is 0.545. The van der Waals surface area contributed by atoms with Gasteiger partial charge in [0.1, 0.15) is 4.60 Å². The minimum Gasteiger partial charge on any atom is -0.261 e. The Morgan fingerprint density at radius 3 is 2.46 bits per heavy atom. The summed E-state index contributed by atoms with van der Waals surface area (Å²) in [5, 5.41) is 0. The predicted octanol–water partition coefficient (Wildman–Crippen LogP) is 7.30. The molecule has 2 fully saturated rings. The molecule has 4 rings (SSSR count). The van der Waals surface area contributed by atoms with Crippen molar-refractivity contribution in [3.8, 4) is 0 Å². The molecule has 0 aromatic carbocycles. The number of rotatable bonds is 6. The number of pyridine rings is 2. The lowest BCUT2D eigenvalue weighted by Gasteiger charge is -2.15. The van der Waals surface area contributed by atoms with Gasteiger partial charge in [0.15, 0.2) is 0 Å². The van der Waals surface area contributed by atoms with Gasteiger partial charge in [-0.15, -0.1) is 0 Å². The van der Waals surface area contributed by atoms with Gasteiger partial charge in [0, 0.05) is 28.5 Å². The van der Waals surface area contributed by atoms with Crippen molar-refractivity contribution in [1.29, 1.82) is 0 Å². The zero-order valence-electron chi connectivity index (χ0n) is 15.7. The molecule has 2 aromatic heterocycles. The fourth-order valence-corrected chi connectivity index (χ4v) is 5.41. The van der Waals surface area contributed by atoms with E-state index in [1.807, 2.05) is 0 Å². The van der Waals surface area contributed by atoms with Crippen molar-refractivity contribution in [1.82, 2.24) is 9.97 Å². The smallest absolute Gasteiger partial charge is 0.109 e. The molecule has 0 amide bonds. The van der Waals surface area contributed by atoms with Gasteiger partial charge in [0.25, 0.3) is 0 Å². The normalized spacial score (nSPS) is 23.3. The van der Waals surface area contributed by atoms with Crippen LogP contribution in [0.2, 0.25) is 0 Å². The first-order valence-electron chi connectivity index (χ1n) is 9.74. The molecular weight excluding hydrogens is 452 g/mol. The quantitative estimate of drug-likeness (QED) is 0.408. The van der Waals surface area contributed by atoms with Crippen molar-refractivity contribution in [2.45, 2.75) is 70.1 Å². The second kappa shape index (κ2) is 7.35. The number of hydrogen-bond donors (Lipinski definition) is 0. The standard InChI is InChI=1S/C22H26Br2N2/c1-12(2)17-8-16(10-26-22(17)24)18-7-15(18)6-13(3)19-11-25-21(9-20(19)23)14-4-5-14/h8-15,18H,4-7H2,1-3H3. The van der Waals surface area contributed by atoms with E-state index in [0.717, 1.165) is 10.5 Å². The van der Waals surface area contributed by atoms with Crippen LogP contribution in [0.1, 0.15) is 92.5 Å². The van der Waals surface area contributed by atoms with E-state index in [1.54, 1.807) is 0 Å². The maximum Gasteiger partial charge on any atom is 0.109 e. The third kappa shape index (κ3) is 3.91. The minimum absolute atomic E-state index is 0.500. The maximum atomic E-state index is 4.72. The fourth-order valence-electron chi connectivity index (χ4n) is 4.01. The molecule has 3 unspecified atom stereocenters. The highest BCUT2D eigenvalue weighted by Crippen LogP contribution is 2.53. The van der Waals surface area contributed by atoms with Crippen molar-refractivity contribution in [2.75, 3.05) is 0 Å². The van der Waals surface area contributed by atoms with E-state index in [0.29, 0.717) is 23.7 Å². The summed E-state index contributed by atoms with van der Waals surface area (Å²) in [5.41, 5.74) is 5.36. The maximum absolute atomic E-state index is 4.72. The molecule has 2 aliphatic carbocycles. The van der Waals surface area contributed by atoms with Gasteiger partial charge < -0.3 is 0 Å². The first-order chi connectivity index (χ1) is 12.4. The lowest BCUT2D eigenvalue weighted by atomic mass is 9.94. The molecule has 2 nitrogen and oxygen atoms in total. The van der Waals surface area contributed by atoms with E-state index in [1.165, 1.54) is 52.5 Å². The van der Waals surface area contributed by atoms with Crippen molar-refractivity contribution in [2.24, 2.45) is 5.92 Å². The largest absolute Gasteiger partial charge is 0.261 e. The first-order valence-corrected chi connectivity index (χ1v) is 11.3. The van der Waals surface area contributed by atoms with E-state index in [9.17, 15) is 0 Å². The van der Waals surface area contributed by atoms with Gasteiger partial charge >= 0.3 is 0 Å². The number of nitrogens with zero attached hydrogens (tertiary/aromatic N) is 2. The zero-order chi connectivity index (χ0) is 18.4. The summed E-state index contributed by atoms with van der Waals surface area (Å²) in [6.45, 7) is 6.80. The lowest BCUT2D eigenvalue weighted by Crippen LogP contribution is -2.00. The van der Waals surface area contributed by atoms with Crippen LogP contribution in [-0.4, -0.2) is 9.97 Å². The summed E-state index contributed by atoms with van der Waals surface area (Å²) in [7, 11) is 0. The van der Waals surface area contributed by atoms with Crippen molar-refractivity contribution >= 4 is 31.9 Å². The van der Waals surface area contributed by atoms with Crippen LogP contribution >= 0.6 is 31.9 Å². The third-order valence-corrected chi connectivity index (χ3v) is 7.30. The highest BCUT2D eigenvalue weighted by molar-refractivity contribution is 9.10. The molecule has 2 saturated carbocycles. The number of aromatic nitrogens is 2. The van der Waals surface area contributed by atoms with Gasteiger partial charge in [-0.3, -0.25) is 4.98 Å². The molecule has 2 heterocycles. The second-order valence-electron chi connectivity index (χ2n) is 8.45. The highest BCUT2D eigenvalue weighted by atomic mass is 79.9. The summed E-state index contributed by atoms with van der Waals surface area (Å²) in [6.07, 6.45) is 9.29. The Morgan fingerprint density at radius 2 is 1.81 bits per heavy atom. The van der Waals surface area contributed by atoms with Gasteiger partial charge in [-0.1, -0.05) is 42.8 Å². The molecule has 0 saturated heterocycles. The Labute approximate surface area is 173 Å². The minimum atomic E-state index is 0.500. The topological polar surface area (TPSA) is 25.8 Å². The third-order valence-electron chi connectivity index (χ3n) is 5.95. The van der Waals surface area contributed by atoms with Crippen molar-refractivity contribution in [3.05, 3.63) is 56.0 Å². The molecule has 0 spiro atoms. The van der Waals surface area contributed by atoms with Crippen LogP contribution in [0.15, 0.2) is 33.6 Å². The summed E-state index contributed by atoms with van der Waals surface area (Å²) in [6, 6.07) is 4.61. The lowest BCUT2D eigenvalue weighted by molar-refractivity contribution is 0.601. The Bertz CT molecular complexity index is 814. The number of hydrogen-bond acceptors (Lipinski definition) is 2. The summed E-state index contributed by atoms with van der Waals surface area (Å²) in [4.78, 5) is 9.30. The summed E-state index contributed by atoms with van der Waals surface area (Å²) in [5.74, 6) is 3.19. The molecule has 0 radical (unpaired) electrons. The van der Waals surface area contributed by atoms with Crippen molar-refractivity contribution in [3.63, 3.8) is 0 Å². The van der Waals surface area contributed by atoms with Crippen LogP contribution < -0.4 is 0 Å². The van der Waals surface area contributed by atoms with Gasteiger partial charge in [-0.25, -0.2) is 4.98 Å².